The summed E-state index contributed by atoms with van der Waals surface area (Å²) in [5.41, 5.74) is 2.53. The SMILES string of the molecule is O=C1CNC(=O)N1c1ccc(Nc2nccc(NCCc3ccccc3)n2)cc1. The molecule has 0 spiro atoms. The van der Waals surface area contributed by atoms with Crippen molar-refractivity contribution in [1.29, 1.82) is 0 Å². The van der Waals surface area contributed by atoms with Crippen molar-refractivity contribution >= 4 is 35.1 Å². The average molecular weight is 388 g/mol. The van der Waals surface area contributed by atoms with E-state index in [0.717, 1.165) is 29.4 Å². The second-order valence-corrected chi connectivity index (χ2v) is 6.49. The molecule has 0 aliphatic carbocycles. The number of nitrogens with zero attached hydrogens (tertiary/aromatic N) is 3. The van der Waals surface area contributed by atoms with E-state index in [2.05, 4.69) is 38.1 Å². The molecule has 8 nitrogen and oxygen atoms in total. The molecule has 0 bridgehead atoms. The van der Waals surface area contributed by atoms with Gasteiger partial charge in [0.05, 0.1) is 12.2 Å². The van der Waals surface area contributed by atoms with Crippen LogP contribution in [0.25, 0.3) is 0 Å². The van der Waals surface area contributed by atoms with Crippen molar-refractivity contribution in [3.8, 4) is 0 Å². The molecule has 1 aliphatic heterocycles. The van der Waals surface area contributed by atoms with Crippen molar-refractivity contribution in [3.05, 3.63) is 72.4 Å². The van der Waals surface area contributed by atoms with Gasteiger partial charge in [0.15, 0.2) is 0 Å². The molecule has 1 aromatic heterocycles. The lowest BCUT2D eigenvalue weighted by Gasteiger charge is -2.13. The summed E-state index contributed by atoms with van der Waals surface area (Å²) in [6.45, 7) is 0.790. The Morgan fingerprint density at radius 2 is 1.79 bits per heavy atom. The molecule has 3 aromatic rings. The van der Waals surface area contributed by atoms with Crippen LogP contribution in [0.15, 0.2) is 66.9 Å². The number of hydrogen-bond acceptors (Lipinski definition) is 6. The minimum atomic E-state index is -0.409. The van der Waals surface area contributed by atoms with Gasteiger partial charge in [-0.1, -0.05) is 30.3 Å². The maximum absolute atomic E-state index is 11.8. The third-order valence-corrected chi connectivity index (χ3v) is 4.44. The second kappa shape index (κ2) is 8.39. The normalized spacial score (nSPS) is 13.3. The summed E-state index contributed by atoms with van der Waals surface area (Å²) in [4.78, 5) is 33.3. The second-order valence-electron chi connectivity index (χ2n) is 6.49. The maximum atomic E-state index is 11.8. The van der Waals surface area contributed by atoms with Crippen molar-refractivity contribution < 1.29 is 9.59 Å². The third kappa shape index (κ3) is 4.49. The predicted molar refractivity (Wildman–Crippen MR) is 111 cm³/mol. The smallest absolute Gasteiger partial charge is 0.329 e. The standard InChI is InChI=1S/C21H20N6O2/c28-19-14-24-21(29)27(19)17-8-6-16(7-9-17)25-20-23-13-11-18(26-20)22-12-10-15-4-2-1-3-5-15/h1-9,11,13H,10,12,14H2,(H,24,29)(H2,22,23,25,26). The molecule has 29 heavy (non-hydrogen) atoms. The van der Waals surface area contributed by atoms with Gasteiger partial charge in [-0.25, -0.2) is 14.7 Å². The van der Waals surface area contributed by atoms with Gasteiger partial charge in [-0.15, -0.1) is 0 Å². The molecule has 1 fully saturated rings. The Labute approximate surface area is 168 Å². The molecule has 4 rings (SSSR count). The summed E-state index contributed by atoms with van der Waals surface area (Å²) in [6.07, 6.45) is 2.58. The number of benzene rings is 2. The van der Waals surface area contributed by atoms with Crippen LogP contribution in [-0.2, 0) is 11.2 Å². The number of hydrogen-bond donors (Lipinski definition) is 3. The highest BCUT2D eigenvalue weighted by Crippen LogP contribution is 2.22. The van der Waals surface area contributed by atoms with Crippen LogP contribution < -0.4 is 20.9 Å². The van der Waals surface area contributed by atoms with Crippen LogP contribution in [0, 0.1) is 0 Å². The largest absolute Gasteiger partial charge is 0.370 e. The van der Waals surface area contributed by atoms with E-state index in [1.165, 1.54) is 5.56 Å². The minimum absolute atomic E-state index is 0.0245. The summed E-state index contributed by atoms with van der Waals surface area (Å²) in [6, 6.07) is 18.6. The number of carbonyl (C=O) groups excluding carboxylic acids is 2. The van der Waals surface area contributed by atoms with E-state index in [1.807, 2.05) is 24.3 Å². The molecule has 146 valence electrons. The Kier molecular flexibility index (Phi) is 5.33. The molecule has 2 heterocycles. The van der Waals surface area contributed by atoms with Gasteiger partial charge in [0.1, 0.15) is 5.82 Å². The molecule has 8 heteroatoms. The van der Waals surface area contributed by atoms with Gasteiger partial charge in [-0.3, -0.25) is 4.79 Å². The molecular formula is C21H20N6O2. The Morgan fingerprint density at radius 3 is 2.52 bits per heavy atom. The lowest BCUT2D eigenvalue weighted by molar-refractivity contribution is -0.115. The number of urea groups is 1. The molecule has 0 radical (unpaired) electrons. The van der Waals surface area contributed by atoms with Gasteiger partial charge in [0.2, 0.25) is 5.95 Å². The molecule has 0 atom stereocenters. The molecule has 0 unspecified atom stereocenters. The van der Waals surface area contributed by atoms with Gasteiger partial charge in [0.25, 0.3) is 5.91 Å². The molecule has 3 amide bonds. The number of carbonyl (C=O) groups is 2. The highest BCUT2D eigenvalue weighted by molar-refractivity contribution is 6.19. The average Bonchev–Trinajstić information content (AvgIpc) is 3.08. The van der Waals surface area contributed by atoms with Gasteiger partial charge < -0.3 is 16.0 Å². The Hall–Kier alpha value is -3.94. The molecule has 1 saturated heterocycles. The van der Waals surface area contributed by atoms with Gasteiger partial charge in [0, 0.05) is 18.4 Å². The maximum Gasteiger partial charge on any atom is 0.329 e. The van der Waals surface area contributed by atoms with Crippen LogP contribution in [0.3, 0.4) is 0 Å². The van der Waals surface area contributed by atoms with E-state index in [0.29, 0.717) is 11.6 Å². The zero-order chi connectivity index (χ0) is 20.1. The molecule has 2 aromatic carbocycles. The highest BCUT2D eigenvalue weighted by Gasteiger charge is 2.29. The lowest BCUT2D eigenvalue weighted by Crippen LogP contribution is -2.30. The van der Waals surface area contributed by atoms with Crippen molar-refractivity contribution in [2.75, 3.05) is 28.6 Å². The first-order valence-electron chi connectivity index (χ1n) is 9.28. The lowest BCUT2D eigenvalue weighted by atomic mass is 10.1. The first kappa shape index (κ1) is 18.4. The summed E-state index contributed by atoms with van der Waals surface area (Å²) in [7, 11) is 0. The van der Waals surface area contributed by atoms with E-state index >= 15 is 0 Å². The van der Waals surface area contributed by atoms with Gasteiger partial charge in [-0.05, 0) is 42.3 Å². The zero-order valence-corrected chi connectivity index (χ0v) is 15.6. The van der Waals surface area contributed by atoms with Crippen molar-refractivity contribution in [2.24, 2.45) is 0 Å². The van der Waals surface area contributed by atoms with E-state index in [4.69, 9.17) is 0 Å². The Balaban J connectivity index is 1.36. The van der Waals surface area contributed by atoms with E-state index < -0.39 is 6.03 Å². The third-order valence-electron chi connectivity index (χ3n) is 4.44. The van der Waals surface area contributed by atoms with Crippen molar-refractivity contribution in [1.82, 2.24) is 15.3 Å². The first-order chi connectivity index (χ1) is 14.2. The Bertz CT molecular complexity index is 991. The minimum Gasteiger partial charge on any atom is -0.370 e. The zero-order valence-electron chi connectivity index (χ0n) is 15.6. The molecule has 0 saturated carbocycles. The van der Waals surface area contributed by atoms with Crippen LogP contribution in [0.4, 0.5) is 27.9 Å². The van der Waals surface area contributed by atoms with Gasteiger partial charge in [-0.2, -0.15) is 4.98 Å². The topological polar surface area (TPSA) is 99.3 Å². The Morgan fingerprint density at radius 1 is 1.00 bits per heavy atom. The van der Waals surface area contributed by atoms with Gasteiger partial charge >= 0.3 is 6.03 Å². The number of nitrogens with one attached hydrogen (secondary N) is 3. The number of rotatable bonds is 7. The summed E-state index contributed by atoms with van der Waals surface area (Å²) in [5, 5.41) is 8.92. The van der Waals surface area contributed by atoms with Crippen LogP contribution in [0.2, 0.25) is 0 Å². The fraction of sp³-hybridized carbons (Fsp3) is 0.143. The van der Waals surface area contributed by atoms with E-state index in [1.54, 1.807) is 30.5 Å². The summed E-state index contributed by atoms with van der Waals surface area (Å²) >= 11 is 0. The van der Waals surface area contributed by atoms with Crippen LogP contribution in [-0.4, -0.2) is 35.0 Å². The quantitative estimate of drug-likeness (QED) is 0.538. The van der Waals surface area contributed by atoms with E-state index in [9.17, 15) is 9.59 Å². The van der Waals surface area contributed by atoms with Crippen molar-refractivity contribution in [3.63, 3.8) is 0 Å². The van der Waals surface area contributed by atoms with Crippen LogP contribution >= 0.6 is 0 Å². The van der Waals surface area contributed by atoms with Crippen molar-refractivity contribution in [2.45, 2.75) is 6.42 Å². The summed E-state index contributed by atoms with van der Waals surface area (Å²) in [5.74, 6) is 0.917. The summed E-state index contributed by atoms with van der Waals surface area (Å²) < 4.78 is 0. The first-order valence-corrected chi connectivity index (χ1v) is 9.28. The van der Waals surface area contributed by atoms with E-state index in [-0.39, 0.29) is 12.5 Å². The fourth-order valence-corrected chi connectivity index (χ4v) is 3.00. The number of amides is 3. The highest BCUT2D eigenvalue weighted by atomic mass is 16.2. The molecular weight excluding hydrogens is 368 g/mol. The predicted octanol–water partition coefficient (Wildman–Crippen LogP) is 2.93. The monoisotopic (exact) mass is 388 g/mol. The molecule has 3 N–H and O–H groups in total. The number of imide groups is 1. The van der Waals surface area contributed by atoms with Crippen LogP contribution in [0.5, 0.6) is 0 Å². The fourth-order valence-electron chi connectivity index (χ4n) is 3.00. The number of anilines is 4. The van der Waals surface area contributed by atoms with Crippen LogP contribution in [0.1, 0.15) is 5.56 Å². The molecule has 1 aliphatic rings. The number of aromatic nitrogens is 2.